The molecular formula is C17H25NO. The fraction of sp³-hybridized carbons (Fsp3) is 0.588. The van der Waals surface area contributed by atoms with Crippen LogP contribution in [0.1, 0.15) is 32.3 Å². The van der Waals surface area contributed by atoms with Crippen molar-refractivity contribution < 1.29 is 4.79 Å². The van der Waals surface area contributed by atoms with Gasteiger partial charge in [-0.2, -0.15) is 0 Å². The van der Waals surface area contributed by atoms with Crippen LogP contribution in [0.5, 0.6) is 0 Å². The van der Waals surface area contributed by atoms with Crippen LogP contribution in [0.4, 0.5) is 0 Å². The first-order valence-electron chi connectivity index (χ1n) is 7.40. The van der Waals surface area contributed by atoms with Crippen LogP contribution in [0, 0.1) is 17.8 Å². The van der Waals surface area contributed by atoms with Gasteiger partial charge in [0.1, 0.15) is 6.29 Å². The molecule has 2 rings (SSSR count). The monoisotopic (exact) mass is 259 g/mol. The third kappa shape index (κ3) is 4.17. The second kappa shape index (κ2) is 6.85. The zero-order valence-corrected chi connectivity index (χ0v) is 12.1. The normalized spacial score (nSPS) is 26.6. The van der Waals surface area contributed by atoms with Gasteiger partial charge in [0.2, 0.25) is 0 Å². The molecular weight excluding hydrogens is 234 g/mol. The van der Waals surface area contributed by atoms with E-state index < -0.39 is 0 Å². The predicted octanol–water partition coefficient (Wildman–Crippen LogP) is 3.37. The Morgan fingerprint density at radius 1 is 1.37 bits per heavy atom. The van der Waals surface area contributed by atoms with Crippen molar-refractivity contribution in [3.63, 3.8) is 0 Å². The van der Waals surface area contributed by atoms with Crippen LogP contribution in [-0.4, -0.2) is 24.3 Å². The number of hydrogen-bond acceptors (Lipinski definition) is 2. The third-order valence-electron chi connectivity index (χ3n) is 4.34. The first kappa shape index (κ1) is 14.3. The van der Waals surface area contributed by atoms with Crippen molar-refractivity contribution in [2.24, 2.45) is 17.8 Å². The van der Waals surface area contributed by atoms with Crippen LogP contribution < -0.4 is 0 Å². The Morgan fingerprint density at radius 3 is 2.79 bits per heavy atom. The number of carbonyl (C=O) groups is 1. The van der Waals surface area contributed by atoms with Crippen molar-refractivity contribution in [1.82, 2.24) is 4.90 Å². The molecule has 1 aromatic carbocycles. The average molecular weight is 259 g/mol. The van der Waals surface area contributed by atoms with E-state index in [1.807, 2.05) is 0 Å². The van der Waals surface area contributed by atoms with Crippen molar-refractivity contribution >= 4 is 6.29 Å². The van der Waals surface area contributed by atoms with Gasteiger partial charge in [-0.05, 0) is 36.8 Å². The number of benzene rings is 1. The Balaban J connectivity index is 2.01. The fourth-order valence-corrected chi connectivity index (χ4v) is 3.01. The van der Waals surface area contributed by atoms with E-state index in [2.05, 4.69) is 49.1 Å². The summed E-state index contributed by atoms with van der Waals surface area (Å²) in [6.45, 7) is 7.60. The van der Waals surface area contributed by atoms with Crippen LogP contribution in [0.25, 0.3) is 0 Å². The minimum absolute atomic E-state index is 0.179. The fourth-order valence-electron chi connectivity index (χ4n) is 3.01. The molecule has 2 heteroatoms. The molecule has 0 radical (unpaired) electrons. The maximum atomic E-state index is 11.1. The second-order valence-corrected chi connectivity index (χ2v) is 6.11. The molecule has 0 saturated carbocycles. The van der Waals surface area contributed by atoms with Gasteiger partial charge in [0.15, 0.2) is 0 Å². The zero-order chi connectivity index (χ0) is 13.7. The quantitative estimate of drug-likeness (QED) is 0.773. The average Bonchev–Trinajstić information content (AvgIpc) is 2.61. The molecule has 19 heavy (non-hydrogen) atoms. The molecule has 0 aliphatic carbocycles. The Kier molecular flexibility index (Phi) is 5.15. The van der Waals surface area contributed by atoms with Gasteiger partial charge in [-0.15, -0.1) is 0 Å². The maximum absolute atomic E-state index is 11.1. The van der Waals surface area contributed by atoms with Crippen LogP contribution in [-0.2, 0) is 11.3 Å². The molecule has 1 heterocycles. The summed E-state index contributed by atoms with van der Waals surface area (Å²) >= 11 is 0. The summed E-state index contributed by atoms with van der Waals surface area (Å²) in [7, 11) is 0. The van der Waals surface area contributed by atoms with E-state index in [1.165, 1.54) is 18.4 Å². The first-order chi connectivity index (χ1) is 9.19. The van der Waals surface area contributed by atoms with Crippen LogP contribution in [0.15, 0.2) is 30.3 Å². The molecule has 1 aromatic rings. The van der Waals surface area contributed by atoms with Crippen molar-refractivity contribution in [3.8, 4) is 0 Å². The van der Waals surface area contributed by atoms with Gasteiger partial charge >= 0.3 is 0 Å². The number of nitrogens with zero attached hydrogens (tertiary/aromatic N) is 1. The van der Waals surface area contributed by atoms with Crippen molar-refractivity contribution in [2.45, 2.75) is 33.2 Å². The lowest BCUT2D eigenvalue weighted by Gasteiger charge is -2.26. The Bertz CT molecular complexity index is 390. The highest BCUT2D eigenvalue weighted by Gasteiger charge is 2.25. The minimum Gasteiger partial charge on any atom is -0.303 e. The molecule has 0 amide bonds. The lowest BCUT2D eigenvalue weighted by Crippen LogP contribution is -2.31. The molecule has 0 spiro atoms. The highest BCUT2D eigenvalue weighted by Crippen LogP contribution is 2.27. The van der Waals surface area contributed by atoms with Gasteiger partial charge in [-0.1, -0.05) is 44.2 Å². The number of likely N-dealkylation sites (tertiary alicyclic amines) is 1. The van der Waals surface area contributed by atoms with Crippen LogP contribution in [0.2, 0.25) is 0 Å². The zero-order valence-electron chi connectivity index (χ0n) is 12.1. The Labute approximate surface area is 116 Å². The largest absolute Gasteiger partial charge is 0.303 e. The summed E-state index contributed by atoms with van der Waals surface area (Å²) < 4.78 is 0. The van der Waals surface area contributed by atoms with Crippen molar-refractivity contribution in [1.29, 1.82) is 0 Å². The van der Waals surface area contributed by atoms with Crippen LogP contribution >= 0.6 is 0 Å². The van der Waals surface area contributed by atoms with E-state index in [0.717, 1.165) is 31.8 Å². The van der Waals surface area contributed by atoms with Crippen LogP contribution in [0.3, 0.4) is 0 Å². The number of rotatable bonds is 4. The van der Waals surface area contributed by atoms with E-state index in [4.69, 9.17) is 0 Å². The molecule has 1 aliphatic heterocycles. The van der Waals surface area contributed by atoms with E-state index in [1.54, 1.807) is 0 Å². The Hall–Kier alpha value is -1.15. The summed E-state index contributed by atoms with van der Waals surface area (Å²) in [6, 6.07) is 10.6. The number of aldehydes is 1. The predicted molar refractivity (Wildman–Crippen MR) is 78.8 cm³/mol. The molecule has 0 aromatic heterocycles. The SMILES string of the molecule is CC1CCN(Cc2ccccc2)CC(C(C)C=O)C1. The molecule has 3 unspecified atom stereocenters. The summed E-state index contributed by atoms with van der Waals surface area (Å²) in [5, 5.41) is 0. The second-order valence-electron chi connectivity index (χ2n) is 6.11. The lowest BCUT2D eigenvalue weighted by molar-refractivity contribution is -0.112. The number of carbonyl (C=O) groups excluding carboxylic acids is 1. The van der Waals surface area contributed by atoms with E-state index in [-0.39, 0.29) is 5.92 Å². The third-order valence-corrected chi connectivity index (χ3v) is 4.34. The summed E-state index contributed by atoms with van der Waals surface area (Å²) in [6.07, 6.45) is 3.56. The van der Waals surface area contributed by atoms with E-state index >= 15 is 0 Å². The van der Waals surface area contributed by atoms with E-state index in [0.29, 0.717) is 5.92 Å². The standard InChI is InChI=1S/C17H25NO/c1-14-8-9-18(11-16-6-4-3-5-7-16)12-17(10-14)15(2)13-19/h3-7,13-15,17H,8-12H2,1-2H3. The summed E-state index contributed by atoms with van der Waals surface area (Å²) in [5.41, 5.74) is 1.37. The molecule has 3 atom stereocenters. The maximum Gasteiger partial charge on any atom is 0.123 e. The molecule has 2 nitrogen and oxygen atoms in total. The highest BCUT2D eigenvalue weighted by atomic mass is 16.1. The van der Waals surface area contributed by atoms with Crippen molar-refractivity contribution in [2.75, 3.05) is 13.1 Å². The smallest absolute Gasteiger partial charge is 0.123 e. The molecule has 104 valence electrons. The van der Waals surface area contributed by atoms with Gasteiger partial charge in [-0.3, -0.25) is 4.90 Å². The molecule has 0 N–H and O–H groups in total. The van der Waals surface area contributed by atoms with Gasteiger partial charge in [-0.25, -0.2) is 0 Å². The van der Waals surface area contributed by atoms with Gasteiger partial charge in [0.05, 0.1) is 0 Å². The van der Waals surface area contributed by atoms with Gasteiger partial charge in [0.25, 0.3) is 0 Å². The Morgan fingerprint density at radius 2 is 2.11 bits per heavy atom. The lowest BCUT2D eigenvalue weighted by atomic mass is 9.87. The topological polar surface area (TPSA) is 20.3 Å². The molecule has 1 saturated heterocycles. The molecule has 0 bridgehead atoms. The highest BCUT2D eigenvalue weighted by molar-refractivity contribution is 5.53. The van der Waals surface area contributed by atoms with Crippen molar-refractivity contribution in [3.05, 3.63) is 35.9 Å². The first-order valence-corrected chi connectivity index (χ1v) is 7.40. The van der Waals surface area contributed by atoms with E-state index in [9.17, 15) is 4.79 Å². The van der Waals surface area contributed by atoms with Gasteiger partial charge < -0.3 is 4.79 Å². The molecule has 1 fully saturated rings. The summed E-state index contributed by atoms with van der Waals surface area (Å²) in [4.78, 5) is 13.6. The van der Waals surface area contributed by atoms with Gasteiger partial charge in [0, 0.05) is 19.0 Å². The number of hydrogen-bond donors (Lipinski definition) is 0. The summed E-state index contributed by atoms with van der Waals surface area (Å²) in [5.74, 6) is 1.42. The minimum atomic E-state index is 0.179. The molecule has 1 aliphatic rings.